The van der Waals surface area contributed by atoms with E-state index in [1.807, 2.05) is 26.0 Å². The third-order valence-corrected chi connectivity index (χ3v) is 4.29. The molecule has 0 spiro atoms. The molecule has 0 aromatic heterocycles. The van der Waals surface area contributed by atoms with Crippen LogP contribution in [0, 0.1) is 0 Å². The molecule has 1 aliphatic rings. The molecule has 1 saturated heterocycles. The van der Waals surface area contributed by atoms with E-state index in [2.05, 4.69) is 41.5 Å². The largest absolute Gasteiger partial charge is 0.491 e. The Labute approximate surface area is 158 Å². The molecule has 1 aliphatic heterocycles. The maximum Gasteiger partial charge on any atom is 0.191 e. The van der Waals surface area contributed by atoms with E-state index in [1.165, 1.54) is 5.56 Å². The number of hydrogen-bond donors (Lipinski definition) is 2. The molecule has 0 bridgehead atoms. The average molecular weight is 363 g/mol. The first-order valence-corrected chi connectivity index (χ1v) is 9.68. The van der Waals surface area contributed by atoms with E-state index >= 15 is 0 Å². The van der Waals surface area contributed by atoms with E-state index in [9.17, 15) is 0 Å². The maximum absolute atomic E-state index is 5.68. The van der Waals surface area contributed by atoms with Crippen molar-refractivity contribution >= 4 is 5.96 Å². The van der Waals surface area contributed by atoms with Crippen LogP contribution in [-0.4, -0.2) is 62.4 Å². The highest BCUT2D eigenvalue weighted by atomic mass is 16.5. The molecule has 0 radical (unpaired) electrons. The van der Waals surface area contributed by atoms with Crippen LogP contribution in [0.1, 0.15) is 33.3 Å². The number of ether oxygens (including phenoxy) is 2. The standard InChI is InChI=1S/C20H34N4O2/c1-5-21-20(22-14-17(4)24-10-12-25-13-11-24)23-15-18-6-8-19(9-7-18)26-16(2)3/h6-9,16-17H,5,10-15H2,1-4H3,(H2,21,22,23). The van der Waals surface area contributed by atoms with Gasteiger partial charge in [-0.15, -0.1) is 0 Å². The molecule has 26 heavy (non-hydrogen) atoms. The number of aliphatic imine (C=N–C) groups is 1. The van der Waals surface area contributed by atoms with E-state index in [0.29, 0.717) is 12.6 Å². The highest BCUT2D eigenvalue weighted by molar-refractivity contribution is 5.79. The first-order valence-electron chi connectivity index (χ1n) is 9.68. The topological polar surface area (TPSA) is 58.1 Å². The summed E-state index contributed by atoms with van der Waals surface area (Å²) in [4.78, 5) is 7.15. The Kier molecular flexibility index (Phi) is 8.71. The average Bonchev–Trinajstić information content (AvgIpc) is 2.65. The molecule has 1 atom stereocenters. The fourth-order valence-electron chi connectivity index (χ4n) is 2.85. The van der Waals surface area contributed by atoms with Crippen LogP contribution < -0.4 is 15.4 Å². The van der Waals surface area contributed by atoms with Crippen LogP contribution in [0.25, 0.3) is 0 Å². The molecule has 1 aromatic rings. The zero-order valence-corrected chi connectivity index (χ0v) is 16.6. The minimum absolute atomic E-state index is 0.192. The number of benzene rings is 1. The Morgan fingerprint density at radius 3 is 2.46 bits per heavy atom. The van der Waals surface area contributed by atoms with Crippen LogP contribution in [0.2, 0.25) is 0 Å². The Morgan fingerprint density at radius 1 is 1.15 bits per heavy atom. The highest BCUT2D eigenvalue weighted by Crippen LogP contribution is 2.14. The van der Waals surface area contributed by atoms with Crippen molar-refractivity contribution in [1.82, 2.24) is 15.5 Å². The van der Waals surface area contributed by atoms with Gasteiger partial charge in [-0.05, 0) is 45.4 Å². The molecule has 1 unspecified atom stereocenters. The first-order chi connectivity index (χ1) is 12.6. The SMILES string of the molecule is CCNC(=NCc1ccc(OC(C)C)cc1)NCC(C)N1CCOCC1. The molecule has 2 N–H and O–H groups in total. The summed E-state index contributed by atoms with van der Waals surface area (Å²) < 4.78 is 11.1. The van der Waals surface area contributed by atoms with Crippen molar-refractivity contribution < 1.29 is 9.47 Å². The van der Waals surface area contributed by atoms with Gasteiger partial charge in [-0.3, -0.25) is 4.90 Å². The second-order valence-electron chi connectivity index (χ2n) is 6.88. The van der Waals surface area contributed by atoms with Crippen LogP contribution >= 0.6 is 0 Å². The summed E-state index contributed by atoms with van der Waals surface area (Å²) >= 11 is 0. The fraction of sp³-hybridized carbons (Fsp3) is 0.650. The molecule has 2 rings (SSSR count). The van der Waals surface area contributed by atoms with Gasteiger partial charge >= 0.3 is 0 Å². The second kappa shape index (κ2) is 11.0. The highest BCUT2D eigenvalue weighted by Gasteiger charge is 2.16. The van der Waals surface area contributed by atoms with E-state index < -0.39 is 0 Å². The van der Waals surface area contributed by atoms with Gasteiger partial charge in [0.25, 0.3) is 0 Å². The van der Waals surface area contributed by atoms with Gasteiger partial charge in [-0.2, -0.15) is 0 Å². The summed E-state index contributed by atoms with van der Waals surface area (Å²) in [6.07, 6.45) is 0.192. The minimum atomic E-state index is 0.192. The van der Waals surface area contributed by atoms with Gasteiger partial charge in [0.1, 0.15) is 5.75 Å². The fourth-order valence-corrected chi connectivity index (χ4v) is 2.85. The number of rotatable bonds is 8. The van der Waals surface area contributed by atoms with Gasteiger partial charge < -0.3 is 20.1 Å². The summed E-state index contributed by atoms with van der Waals surface area (Å²) in [5.41, 5.74) is 1.17. The molecule has 6 nitrogen and oxygen atoms in total. The van der Waals surface area contributed by atoms with Crippen molar-refractivity contribution in [2.45, 2.75) is 46.4 Å². The van der Waals surface area contributed by atoms with Crippen LogP contribution in [0.4, 0.5) is 0 Å². The number of morpholine rings is 1. The monoisotopic (exact) mass is 362 g/mol. The summed E-state index contributed by atoms with van der Waals surface area (Å²) in [7, 11) is 0. The zero-order valence-electron chi connectivity index (χ0n) is 16.6. The van der Waals surface area contributed by atoms with Crippen molar-refractivity contribution in [3.05, 3.63) is 29.8 Å². The summed E-state index contributed by atoms with van der Waals surface area (Å²) in [5.74, 6) is 1.76. The molecule has 6 heteroatoms. The van der Waals surface area contributed by atoms with Gasteiger partial charge in [-0.1, -0.05) is 12.1 Å². The van der Waals surface area contributed by atoms with Gasteiger partial charge in [-0.25, -0.2) is 4.99 Å². The smallest absolute Gasteiger partial charge is 0.191 e. The molecule has 0 saturated carbocycles. The van der Waals surface area contributed by atoms with Crippen LogP contribution in [-0.2, 0) is 11.3 Å². The Balaban J connectivity index is 1.85. The predicted molar refractivity (Wildman–Crippen MR) is 107 cm³/mol. The van der Waals surface area contributed by atoms with E-state index in [1.54, 1.807) is 0 Å². The van der Waals surface area contributed by atoms with Gasteiger partial charge in [0.15, 0.2) is 5.96 Å². The Bertz CT molecular complexity index is 539. The lowest BCUT2D eigenvalue weighted by Crippen LogP contribution is -2.49. The summed E-state index contributed by atoms with van der Waals surface area (Å²) in [5, 5.41) is 6.78. The molecule has 1 aromatic carbocycles. The lowest BCUT2D eigenvalue weighted by atomic mass is 10.2. The van der Waals surface area contributed by atoms with Gasteiger partial charge in [0.05, 0.1) is 25.9 Å². The van der Waals surface area contributed by atoms with E-state index in [4.69, 9.17) is 14.5 Å². The Morgan fingerprint density at radius 2 is 1.85 bits per heavy atom. The maximum atomic E-state index is 5.68. The van der Waals surface area contributed by atoms with Crippen molar-refractivity contribution in [3.8, 4) is 5.75 Å². The minimum Gasteiger partial charge on any atom is -0.491 e. The van der Waals surface area contributed by atoms with Crippen LogP contribution in [0.3, 0.4) is 0 Å². The number of nitrogens with one attached hydrogen (secondary N) is 2. The quantitative estimate of drug-likeness (QED) is 0.549. The van der Waals surface area contributed by atoms with Crippen molar-refractivity contribution in [2.24, 2.45) is 4.99 Å². The first kappa shape index (κ1) is 20.5. The Hall–Kier alpha value is -1.79. The molecule has 1 heterocycles. The number of nitrogens with zero attached hydrogens (tertiary/aromatic N) is 2. The van der Waals surface area contributed by atoms with E-state index in [0.717, 1.165) is 51.1 Å². The van der Waals surface area contributed by atoms with E-state index in [-0.39, 0.29) is 6.10 Å². The third-order valence-electron chi connectivity index (χ3n) is 4.29. The third kappa shape index (κ3) is 7.22. The van der Waals surface area contributed by atoms with Gasteiger partial charge in [0.2, 0.25) is 0 Å². The molecular weight excluding hydrogens is 328 g/mol. The summed E-state index contributed by atoms with van der Waals surface area (Å²) in [6, 6.07) is 8.61. The number of hydrogen-bond acceptors (Lipinski definition) is 4. The normalized spacial score (nSPS) is 17.2. The second-order valence-corrected chi connectivity index (χ2v) is 6.88. The molecule has 0 aliphatic carbocycles. The van der Waals surface area contributed by atoms with Gasteiger partial charge in [0, 0.05) is 32.2 Å². The number of guanidine groups is 1. The van der Waals surface area contributed by atoms with Crippen LogP contribution in [0.5, 0.6) is 5.75 Å². The van der Waals surface area contributed by atoms with Crippen molar-refractivity contribution in [1.29, 1.82) is 0 Å². The molecule has 146 valence electrons. The molecular formula is C20H34N4O2. The van der Waals surface area contributed by atoms with Crippen molar-refractivity contribution in [2.75, 3.05) is 39.4 Å². The molecule has 0 amide bonds. The lowest BCUT2D eigenvalue weighted by Gasteiger charge is -2.32. The van der Waals surface area contributed by atoms with Crippen molar-refractivity contribution in [3.63, 3.8) is 0 Å². The zero-order chi connectivity index (χ0) is 18.8. The summed E-state index contributed by atoms with van der Waals surface area (Å²) in [6.45, 7) is 14.4. The lowest BCUT2D eigenvalue weighted by molar-refractivity contribution is 0.0211. The molecule has 1 fully saturated rings. The predicted octanol–water partition coefficient (Wildman–Crippen LogP) is 2.25. The van der Waals surface area contributed by atoms with Crippen LogP contribution in [0.15, 0.2) is 29.3 Å².